The van der Waals surface area contributed by atoms with E-state index in [0.29, 0.717) is 12.2 Å². The van der Waals surface area contributed by atoms with Crippen molar-refractivity contribution in [2.75, 3.05) is 32.5 Å². The maximum atomic E-state index is 12.9. The Bertz CT molecular complexity index is 472. The fraction of sp³-hybridized carbons (Fsp3) is 0.462. The average molecular weight is 305 g/mol. The predicted molar refractivity (Wildman–Crippen MR) is 79.0 cm³/mol. The van der Waals surface area contributed by atoms with Crippen molar-refractivity contribution in [2.24, 2.45) is 5.73 Å². The minimum atomic E-state index is -4.47. The van der Waals surface area contributed by atoms with Gasteiger partial charge in [0.25, 0.3) is 0 Å². The van der Waals surface area contributed by atoms with Crippen LogP contribution in [0.3, 0.4) is 0 Å². The molecule has 0 aliphatic rings. The van der Waals surface area contributed by atoms with Crippen LogP contribution in [0.1, 0.15) is 17.5 Å². The predicted octanol–water partition coefficient (Wildman–Crippen LogP) is 2.70. The molecule has 112 valence electrons. The first kappa shape index (κ1) is 16.7. The number of nitrogens with one attached hydrogen (secondary N) is 1. The number of rotatable bonds is 6. The lowest BCUT2D eigenvalue weighted by Crippen LogP contribution is -2.19. The summed E-state index contributed by atoms with van der Waals surface area (Å²) in [6.07, 6.45) is -3.63. The fourth-order valence-electron chi connectivity index (χ4n) is 1.73. The molecular weight excluding hydrogens is 287 g/mol. The van der Waals surface area contributed by atoms with Crippen molar-refractivity contribution in [1.82, 2.24) is 4.90 Å². The fourth-order valence-corrected chi connectivity index (χ4v) is 1.91. The zero-order valence-electron chi connectivity index (χ0n) is 11.4. The molecule has 20 heavy (non-hydrogen) atoms. The summed E-state index contributed by atoms with van der Waals surface area (Å²) in [4.78, 5) is 1.76. The Morgan fingerprint density at radius 2 is 2.00 bits per heavy atom. The van der Waals surface area contributed by atoms with Gasteiger partial charge in [0.1, 0.15) is 4.99 Å². The summed E-state index contributed by atoms with van der Waals surface area (Å²) in [6.45, 7) is 1.46. The van der Waals surface area contributed by atoms with Crippen molar-refractivity contribution in [1.29, 1.82) is 0 Å². The molecule has 1 rings (SSSR count). The van der Waals surface area contributed by atoms with Crippen molar-refractivity contribution < 1.29 is 13.2 Å². The third-order valence-corrected chi connectivity index (χ3v) is 2.92. The van der Waals surface area contributed by atoms with Crippen molar-refractivity contribution in [3.05, 3.63) is 29.3 Å². The van der Waals surface area contributed by atoms with E-state index in [0.717, 1.165) is 19.0 Å². The summed E-state index contributed by atoms with van der Waals surface area (Å²) in [6, 6.07) is 3.91. The standard InChI is InChI=1S/C13H18F3N3S/c1-19(2)7-3-6-18-9-4-5-10(12(17)20)11(8-9)13(14,15)16/h4-5,8,18H,3,6-7H2,1-2H3,(H2,17,20). The second kappa shape index (κ2) is 6.90. The molecule has 0 amide bonds. The molecule has 0 saturated heterocycles. The first-order valence-electron chi connectivity index (χ1n) is 6.11. The lowest BCUT2D eigenvalue weighted by Gasteiger charge is -2.15. The van der Waals surface area contributed by atoms with Gasteiger partial charge in [-0.1, -0.05) is 12.2 Å². The maximum absolute atomic E-state index is 12.9. The van der Waals surface area contributed by atoms with E-state index in [1.165, 1.54) is 6.07 Å². The summed E-state index contributed by atoms with van der Waals surface area (Å²) in [5.74, 6) is 0. The highest BCUT2D eigenvalue weighted by Gasteiger charge is 2.34. The Labute approximate surface area is 121 Å². The van der Waals surface area contributed by atoms with E-state index in [4.69, 9.17) is 5.73 Å². The van der Waals surface area contributed by atoms with Crippen LogP contribution in [0.4, 0.5) is 18.9 Å². The summed E-state index contributed by atoms with van der Waals surface area (Å²) in [5, 5.41) is 2.97. The van der Waals surface area contributed by atoms with Gasteiger partial charge >= 0.3 is 6.18 Å². The normalized spacial score (nSPS) is 11.7. The van der Waals surface area contributed by atoms with Gasteiger partial charge in [0.2, 0.25) is 0 Å². The summed E-state index contributed by atoms with van der Waals surface area (Å²) < 4.78 is 38.8. The second-order valence-corrected chi connectivity index (χ2v) is 5.15. The zero-order valence-corrected chi connectivity index (χ0v) is 12.2. The molecule has 7 heteroatoms. The van der Waals surface area contributed by atoms with E-state index >= 15 is 0 Å². The van der Waals surface area contributed by atoms with Crippen LogP contribution in [0, 0.1) is 0 Å². The summed E-state index contributed by atoms with van der Waals surface area (Å²) >= 11 is 4.65. The Hall–Kier alpha value is -1.34. The van der Waals surface area contributed by atoms with Crippen molar-refractivity contribution in [3.63, 3.8) is 0 Å². The monoisotopic (exact) mass is 305 g/mol. The highest BCUT2D eigenvalue weighted by Crippen LogP contribution is 2.33. The topological polar surface area (TPSA) is 41.3 Å². The molecule has 3 nitrogen and oxygen atoms in total. The molecule has 0 aliphatic carbocycles. The first-order valence-corrected chi connectivity index (χ1v) is 6.52. The molecule has 0 aromatic heterocycles. The molecule has 0 unspecified atom stereocenters. The molecule has 3 N–H and O–H groups in total. The van der Waals surface area contributed by atoms with Gasteiger partial charge in [0, 0.05) is 17.8 Å². The third kappa shape index (κ3) is 4.97. The van der Waals surface area contributed by atoms with Crippen LogP contribution < -0.4 is 11.1 Å². The van der Waals surface area contributed by atoms with Crippen LogP contribution >= 0.6 is 12.2 Å². The van der Waals surface area contributed by atoms with Gasteiger partial charge in [0.15, 0.2) is 0 Å². The lowest BCUT2D eigenvalue weighted by molar-refractivity contribution is -0.137. The maximum Gasteiger partial charge on any atom is 0.417 e. The van der Waals surface area contributed by atoms with Gasteiger partial charge in [-0.15, -0.1) is 0 Å². The highest BCUT2D eigenvalue weighted by atomic mass is 32.1. The van der Waals surface area contributed by atoms with E-state index in [1.54, 1.807) is 6.07 Å². The Balaban J connectivity index is 2.83. The number of halogens is 3. The van der Waals surface area contributed by atoms with Gasteiger partial charge in [-0.2, -0.15) is 13.2 Å². The molecular formula is C13H18F3N3S. The van der Waals surface area contributed by atoms with Crippen molar-refractivity contribution in [3.8, 4) is 0 Å². The third-order valence-electron chi connectivity index (χ3n) is 2.70. The molecule has 1 aromatic carbocycles. The molecule has 0 heterocycles. The van der Waals surface area contributed by atoms with Gasteiger partial charge in [-0.25, -0.2) is 0 Å². The number of nitrogens with two attached hydrogens (primary N) is 1. The lowest BCUT2D eigenvalue weighted by atomic mass is 10.1. The van der Waals surface area contributed by atoms with Gasteiger partial charge in [-0.3, -0.25) is 0 Å². The summed E-state index contributed by atoms with van der Waals surface area (Å²) in [5.41, 5.74) is 4.78. The number of thiocarbonyl (C=S) groups is 1. The highest BCUT2D eigenvalue weighted by molar-refractivity contribution is 7.80. The summed E-state index contributed by atoms with van der Waals surface area (Å²) in [7, 11) is 3.89. The van der Waals surface area contributed by atoms with E-state index in [1.807, 2.05) is 19.0 Å². The Morgan fingerprint density at radius 3 is 2.50 bits per heavy atom. The minimum Gasteiger partial charge on any atom is -0.389 e. The van der Waals surface area contributed by atoms with E-state index in [2.05, 4.69) is 17.5 Å². The molecule has 0 atom stereocenters. The number of nitrogens with zero attached hydrogens (tertiary/aromatic N) is 1. The minimum absolute atomic E-state index is 0.147. The quantitative estimate of drug-likeness (QED) is 0.626. The smallest absolute Gasteiger partial charge is 0.389 e. The van der Waals surface area contributed by atoms with Crippen LogP contribution in [0.25, 0.3) is 0 Å². The Kier molecular flexibility index (Phi) is 5.76. The first-order chi connectivity index (χ1) is 9.21. The number of hydrogen-bond acceptors (Lipinski definition) is 3. The van der Waals surface area contributed by atoms with Crippen LogP contribution in [0.5, 0.6) is 0 Å². The van der Waals surface area contributed by atoms with Gasteiger partial charge in [0.05, 0.1) is 5.56 Å². The van der Waals surface area contributed by atoms with E-state index in [9.17, 15) is 13.2 Å². The van der Waals surface area contributed by atoms with Crippen LogP contribution in [-0.4, -0.2) is 37.1 Å². The van der Waals surface area contributed by atoms with E-state index < -0.39 is 11.7 Å². The van der Waals surface area contributed by atoms with Crippen LogP contribution in [0.2, 0.25) is 0 Å². The SMILES string of the molecule is CN(C)CCCNc1ccc(C(N)=S)c(C(F)(F)F)c1. The Morgan fingerprint density at radius 1 is 1.35 bits per heavy atom. The largest absolute Gasteiger partial charge is 0.417 e. The molecule has 0 fully saturated rings. The van der Waals surface area contributed by atoms with Gasteiger partial charge < -0.3 is 16.0 Å². The van der Waals surface area contributed by atoms with Crippen LogP contribution in [-0.2, 0) is 6.18 Å². The number of benzene rings is 1. The molecule has 0 radical (unpaired) electrons. The molecule has 0 spiro atoms. The molecule has 1 aromatic rings. The van der Waals surface area contributed by atoms with Gasteiger partial charge in [-0.05, 0) is 45.3 Å². The molecule has 0 aliphatic heterocycles. The number of anilines is 1. The number of alkyl halides is 3. The van der Waals surface area contributed by atoms with E-state index in [-0.39, 0.29) is 10.6 Å². The number of hydrogen-bond donors (Lipinski definition) is 2. The second-order valence-electron chi connectivity index (χ2n) is 4.71. The van der Waals surface area contributed by atoms with Crippen molar-refractivity contribution >= 4 is 22.9 Å². The molecule has 0 saturated carbocycles. The average Bonchev–Trinajstić information content (AvgIpc) is 2.33. The molecule has 0 bridgehead atoms. The van der Waals surface area contributed by atoms with Crippen LogP contribution in [0.15, 0.2) is 18.2 Å². The zero-order chi connectivity index (χ0) is 15.3. The van der Waals surface area contributed by atoms with Crippen molar-refractivity contribution in [2.45, 2.75) is 12.6 Å².